The fourth-order valence-electron chi connectivity index (χ4n) is 1.62. The maximum Gasteiger partial charge on any atom is 0.285 e. The Labute approximate surface area is 105 Å². The number of benzene rings is 2. The summed E-state index contributed by atoms with van der Waals surface area (Å²) in [6.07, 6.45) is 0. The largest absolute Gasteiger partial charge is 0.496 e. The van der Waals surface area contributed by atoms with E-state index in [0.29, 0.717) is 22.1 Å². The number of para-hydroxylation sites is 2. The minimum atomic E-state index is -0.529. The number of ether oxygens (including phenoxy) is 1. The summed E-state index contributed by atoms with van der Waals surface area (Å²) >= 11 is 0. The van der Waals surface area contributed by atoms with Crippen LogP contribution in [0, 0.1) is 0 Å². The normalized spacial score (nSPS) is 9.89. The number of hydroxylamine groups is 1. The van der Waals surface area contributed by atoms with Crippen molar-refractivity contribution in [2.24, 2.45) is 0 Å². The lowest BCUT2D eigenvalue weighted by Gasteiger charge is -2.16. The summed E-state index contributed by atoms with van der Waals surface area (Å²) in [5.74, 6) is -0.101. The molecule has 0 aromatic heterocycles. The molecule has 1 N–H and O–H groups in total. The molecule has 0 atom stereocenters. The number of anilines is 1. The first-order valence-electron chi connectivity index (χ1n) is 5.45. The Morgan fingerprint density at radius 3 is 2.33 bits per heavy atom. The number of nitrogens with zero attached hydrogens (tertiary/aromatic N) is 1. The average molecular weight is 243 g/mol. The molecule has 92 valence electrons. The zero-order valence-corrected chi connectivity index (χ0v) is 9.91. The molecule has 0 aliphatic rings. The van der Waals surface area contributed by atoms with Gasteiger partial charge in [-0.2, -0.15) is 5.06 Å². The molecule has 2 rings (SSSR count). The molecule has 0 saturated carbocycles. The van der Waals surface area contributed by atoms with E-state index in [2.05, 4.69) is 0 Å². The molecule has 18 heavy (non-hydrogen) atoms. The Morgan fingerprint density at radius 1 is 1.06 bits per heavy atom. The third kappa shape index (κ3) is 2.33. The number of methoxy groups -OCH3 is 1. The van der Waals surface area contributed by atoms with Crippen LogP contribution in [0.3, 0.4) is 0 Å². The van der Waals surface area contributed by atoms with E-state index in [1.165, 1.54) is 7.11 Å². The van der Waals surface area contributed by atoms with Crippen LogP contribution in [0.25, 0.3) is 0 Å². The summed E-state index contributed by atoms with van der Waals surface area (Å²) in [7, 11) is 1.48. The van der Waals surface area contributed by atoms with Gasteiger partial charge in [0.05, 0.1) is 18.4 Å². The summed E-state index contributed by atoms with van der Waals surface area (Å²) < 4.78 is 5.09. The quantitative estimate of drug-likeness (QED) is 0.666. The second kappa shape index (κ2) is 5.33. The Morgan fingerprint density at radius 2 is 1.67 bits per heavy atom. The van der Waals surface area contributed by atoms with Crippen LogP contribution in [0.1, 0.15) is 10.4 Å². The van der Waals surface area contributed by atoms with E-state index in [9.17, 15) is 10.0 Å². The van der Waals surface area contributed by atoms with E-state index in [1.54, 1.807) is 48.5 Å². The van der Waals surface area contributed by atoms with Crippen molar-refractivity contribution in [1.29, 1.82) is 0 Å². The van der Waals surface area contributed by atoms with Crippen LogP contribution in [0.15, 0.2) is 54.6 Å². The van der Waals surface area contributed by atoms with Crippen molar-refractivity contribution in [1.82, 2.24) is 0 Å². The minimum Gasteiger partial charge on any atom is -0.496 e. The Hall–Kier alpha value is -2.33. The lowest BCUT2D eigenvalue weighted by atomic mass is 10.2. The van der Waals surface area contributed by atoms with Crippen LogP contribution < -0.4 is 9.80 Å². The highest BCUT2D eigenvalue weighted by Gasteiger charge is 2.18. The lowest BCUT2D eigenvalue weighted by Crippen LogP contribution is -2.27. The molecule has 0 saturated heterocycles. The van der Waals surface area contributed by atoms with Gasteiger partial charge in [-0.05, 0) is 24.3 Å². The van der Waals surface area contributed by atoms with E-state index in [0.717, 1.165) is 0 Å². The third-order valence-electron chi connectivity index (χ3n) is 2.53. The standard InChI is InChI=1S/C14H13NO3/c1-18-13-10-6-5-9-12(13)14(16)15(17)11-7-3-2-4-8-11/h2-10,17H,1H3. The molecule has 1 amide bonds. The monoisotopic (exact) mass is 243 g/mol. The Balaban J connectivity index is 2.32. The molecule has 4 heteroatoms. The van der Waals surface area contributed by atoms with Crippen LogP contribution >= 0.6 is 0 Å². The highest BCUT2D eigenvalue weighted by molar-refractivity contribution is 6.06. The van der Waals surface area contributed by atoms with Gasteiger partial charge in [0.2, 0.25) is 0 Å². The molecule has 0 fully saturated rings. The SMILES string of the molecule is COc1ccccc1C(=O)N(O)c1ccccc1. The van der Waals surface area contributed by atoms with Crippen LogP contribution in [-0.2, 0) is 0 Å². The molecular weight excluding hydrogens is 230 g/mol. The highest BCUT2D eigenvalue weighted by Crippen LogP contribution is 2.21. The maximum atomic E-state index is 12.1. The van der Waals surface area contributed by atoms with Gasteiger partial charge < -0.3 is 4.74 Å². The molecular formula is C14H13NO3. The van der Waals surface area contributed by atoms with Crippen molar-refractivity contribution in [3.8, 4) is 5.75 Å². The first kappa shape index (κ1) is 12.1. The van der Waals surface area contributed by atoms with Crippen molar-refractivity contribution >= 4 is 11.6 Å². The van der Waals surface area contributed by atoms with Gasteiger partial charge in [0, 0.05) is 0 Å². The summed E-state index contributed by atoms with van der Waals surface area (Å²) in [5, 5.41) is 10.5. The molecule has 0 spiro atoms. The molecule has 0 unspecified atom stereocenters. The van der Waals surface area contributed by atoms with E-state index in [1.807, 2.05) is 6.07 Å². The van der Waals surface area contributed by atoms with Gasteiger partial charge in [-0.3, -0.25) is 10.0 Å². The second-order valence-electron chi connectivity index (χ2n) is 3.65. The number of hydrogen-bond donors (Lipinski definition) is 1. The third-order valence-corrected chi connectivity index (χ3v) is 2.53. The van der Waals surface area contributed by atoms with Crippen molar-refractivity contribution in [3.05, 3.63) is 60.2 Å². The molecule has 0 bridgehead atoms. The first-order valence-corrected chi connectivity index (χ1v) is 5.45. The lowest BCUT2D eigenvalue weighted by molar-refractivity contribution is 0.0851. The topological polar surface area (TPSA) is 49.8 Å². The molecule has 0 aliphatic heterocycles. The highest BCUT2D eigenvalue weighted by atomic mass is 16.5. The number of amides is 1. The number of hydrogen-bond acceptors (Lipinski definition) is 3. The number of rotatable bonds is 3. The second-order valence-corrected chi connectivity index (χ2v) is 3.65. The smallest absolute Gasteiger partial charge is 0.285 e. The fraction of sp³-hybridized carbons (Fsp3) is 0.0714. The molecule has 4 nitrogen and oxygen atoms in total. The van der Waals surface area contributed by atoms with Gasteiger partial charge in [-0.1, -0.05) is 30.3 Å². The Bertz CT molecular complexity index is 540. The van der Waals surface area contributed by atoms with Crippen molar-refractivity contribution in [3.63, 3.8) is 0 Å². The zero-order chi connectivity index (χ0) is 13.0. The van der Waals surface area contributed by atoms with Gasteiger partial charge in [0.1, 0.15) is 5.75 Å². The molecule has 0 radical (unpaired) electrons. The molecule has 0 heterocycles. The average Bonchev–Trinajstić information content (AvgIpc) is 2.46. The van der Waals surface area contributed by atoms with Gasteiger partial charge in [-0.15, -0.1) is 0 Å². The maximum absolute atomic E-state index is 12.1. The molecule has 2 aromatic rings. The predicted molar refractivity (Wildman–Crippen MR) is 68.0 cm³/mol. The Kier molecular flexibility index (Phi) is 3.60. The zero-order valence-electron chi connectivity index (χ0n) is 9.91. The van der Waals surface area contributed by atoms with E-state index in [-0.39, 0.29) is 0 Å². The molecule has 2 aromatic carbocycles. The first-order chi connectivity index (χ1) is 8.74. The van der Waals surface area contributed by atoms with E-state index in [4.69, 9.17) is 4.74 Å². The summed E-state index contributed by atoms with van der Waals surface area (Å²) in [6.45, 7) is 0. The van der Waals surface area contributed by atoms with Gasteiger partial charge >= 0.3 is 0 Å². The minimum absolute atomic E-state index is 0.311. The summed E-state index contributed by atoms with van der Waals surface area (Å²) in [5.41, 5.74) is 0.722. The number of carbonyl (C=O) groups excluding carboxylic acids is 1. The van der Waals surface area contributed by atoms with Gasteiger partial charge in [0.15, 0.2) is 0 Å². The van der Waals surface area contributed by atoms with Crippen molar-refractivity contribution in [2.45, 2.75) is 0 Å². The summed E-state index contributed by atoms with van der Waals surface area (Å²) in [4.78, 5) is 12.1. The van der Waals surface area contributed by atoms with E-state index < -0.39 is 5.91 Å². The van der Waals surface area contributed by atoms with Crippen molar-refractivity contribution < 1.29 is 14.7 Å². The van der Waals surface area contributed by atoms with Crippen LogP contribution in [-0.4, -0.2) is 18.2 Å². The van der Waals surface area contributed by atoms with Gasteiger partial charge in [-0.25, -0.2) is 0 Å². The molecule has 0 aliphatic carbocycles. The van der Waals surface area contributed by atoms with Crippen LogP contribution in [0.5, 0.6) is 5.75 Å². The van der Waals surface area contributed by atoms with Crippen LogP contribution in [0.4, 0.5) is 5.69 Å². The van der Waals surface area contributed by atoms with Crippen LogP contribution in [0.2, 0.25) is 0 Å². The summed E-state index contributed by atoms with van der Waals surface area (Å²) in [6, 6.07) is 15.3. The predicted octanol–water partition coefficient (Wildman–Crippen LogP) is 2.73. The number of carbonyl (C=O) groups is 1. The fourth-order valence-corrected chi connectivity index (χ4v) is 1.62. The van der Waals surface area contributed by atoms with E-state index >= 15 is 0 Å². The van der Waals surface area contributed by atoms with Gasteiger partial charge in [0.25, 0.3) is 5.91 Å². The van der Waals surface area contributed by atoms with Crippen molar-refractivity contribution in [2.75, 3.05) is 12.2 Å².